The van der Waals surface area contributed by atoms with Crippen LogP contribution in [0, 0.1) is 5.82 Å². The molecule has 0 unspecified atom stereocenters. The lowest BCUT2D eigenvalue weighted by Gasteiger charge is -2.34. The molecule has 0 bridgehead atoms. The minimum absolute atomic E-state index is 0.0400. The zero-order chi connectivity index (χ0) is 27.9. The van der Waals surface area contributed by atoms with Gasteiger partial charge in [-0.25, -0.2) is 12.8 Å². The topological polar surface area (TPSA) is 86.8 Å². The van der Waals surface area contributed by atoms with E-state index in [4.69, 9.17) is 11.6 Å². The summed E-state index contributed by atoms with van der Waals surface area (Å²) in [5.74, 6) is -1.67. The molecular formula is C28H31ClFN3O4S. The van der Waals surface area contributed by atoms with E-state index < -0.39 is 34.3 Å². The van der Waals surface area contributed by atoms with Crippen LogP contribution in [0.25, 0.3) is 0 Å². The zero-order valence-electron chi connectivity index (χ0n) is 21.5. The van der Waals surface area contributed by atoms with Gasteiger partial charge < -0.3 is 10.2 Å². The predicted molar refractivity (Wildman–Crippen MR) is 148 cm³/mol. The van der Waals surface area contributed by atoms with Crippen LogP contribution in [-0.4, -0.2) is 50.0 Å². The van der Waals surface area contributed by atoms with Crippen molar-refractivity contribution in [2.24, 2.45) is 0 Å². The average molecular weight is 560 g/mol. The minimum Gasteiger partial charge on any atom is -0.352 e. The summed E-state index contributed by atoms with van der Waals surface area (Å²) < 4.78 is 40.1. The number of anilines is 1. The summed E-state index contributed by atoms with van der Waals surface area (Å²) >= 11 is 5.90. The number of rotatable bonds is 11. The quantitative estimate of drug-likeness (QED) is 0.377. The number of sulfonamides is 1. The summed E-state index contributed by atoms with van der Waals surface area (Å²) in [5.41, 5.74) is 1.65. The Bertz CT molecular complexity index is 1360. The Morgan fingerprint density at radius 3 is 2.05 bits per heavy atom. The van der Waals surface area contributed by atoms with Crippen molar-refractivity contribution in [1.29, 1.82) is 0 Å². The molecule has 0 aliphatic rings. The summed E-state index contributed by atoms with van der Waals surface area (Å²) in [7, 11) is -3.97. The molecule has 2 amide bonds. The largest absolute Gasteiger partial charge is 0.352 e. The average Bonchev–Trinajstić information content (AvgIpc) is 2.86. The lowest BCUT2D eigenvalue weighted by atomic mass is 10.0. The number of amides is 2. The smallest absolute Gasteiger partial charge is 0.244 e. The van der Waals surface area contributed by atoms with Gasteiger partial charge in [0.1, 0.15) is 18.4 Å². The maximum absolute atomic E-state index is 13.9. The first-order valence-corrected chi connectivity index (χ1v) is 14.3. The van der Waals surface area contributed by atoms with E-state index in [1.54, 1.807) is 0 Å². The standard InChI is InChI=1S/C28H31ClFN3O4S/c1-20(2)31-28(35)26(16-21-10-6-4-7-11-21)32(18-22-12-8-5-9-13-22)27(34)19-33(38(3,36)37)23-14-15-25(30)24(29)17-23/h4-15,17,20,26H,16,18-19H2,1-3H3,(H,31,35)/t26-/m1/s1. The van der Waals surface area contributed by atoms with E-state index in [0.717, 1.165) is 33.8 Å². The van der Waals surface area contributed by atoms with E-state index in [1.807, 2.05) is 74.5 Å². The molecule has 3 aromatic carbocycles. The summed E-state index contributed by atoms with van der Waals surface area (Å²) in [6, 6.07) is 20.7. The highest BCUT2D eigenvalue weighted by Crippen LogP contribution is 2.25. The lowest BCUT2D eigenvalue weighted by molar-refractivity contribution is -0.140. The molecule has 0 heterocycles. The molecule has 38 heavy (non-hydrogen) atoms. The van der Waals surface area contributed by atoms with E-state index in [2.05, 4.69) is 5.32 Å². The van der Waals surface area contributed by atoms with Gasteiger partial charge in [-0.05, 0) is 43.2 Å². The number of hydrogen-bond donors (Lipinski definition) is 1. The molecule has 202 valence electrons. The molecule has 0 aliphatic carbocycles. The van der Waals surface area contributed by atoms with Gasteiger partial charge in [0.25, 0.3) is 0 Å². The number of carbonyl (C=O) groups is 2. The van der Waals surface area contributed by atoms with Crippen LogP contribution in [0.3, 0.4) is 0 Å². The maximum atomic E-state index is 13.9. The van der Waals surface area contributed by atoms with Crippen LogP contribution < -0.4 is 9.62 Å². The number of benzene rings is 3. The fraction of sp³-hybridized carbons (Fsp3) is 0.286. The van der Waals surface area contributed by atoms with E-state index in [9.17, 15) is 22.4 Å². The molecular weight excluding hydrogens is 529 g/mol. The number of carbonyl (C=O) groups excluding carboxylic acids is 2. The van der Waals surface area contributed by atoms with Crippen molar-refractivity contribution >= 4 is 39.1 Å². The molecule has 3 rings (SSSR count). The number of halogens is 2. The highest BCUT2D eigenvalue weighted by atomic mass is 35.5. The third-order valence-corrected chi connectivity index (χ3v) is 7.20. The molecule has 0 radical (unpaired) electrons. The summed E-state index contributed by atoms with van der Waals surface area (Å²) in [6.07, 6.45) is 1.17. The van der Waals surface area contributed by atoms with E-state index in [1.165, 1.54) is 11.0 Å². The fourth-order valence-corrected chi connectivity index (χ4v) is 4.98. The Morgan fingerprint density at radius 1 is 0.947 bits per heavy atom. The van der Waals surface area contributed by atoms with Gasteiger partial charge >= 0.3 is 0 Å². The minimum atomic E-state index is -3.97. The maximum Gasteiger partial charge on any atom is 0.244 e. The highest BCUT2D eigenvalue weighted by Gasteiger charge is 2.33. The van der Waals surface area contributed by atoms with Gasteiger partial charge in [0.2, 0.25) is 21.8 Å². The predicted octanol–water partition coefficient (Wildman–Crippen LogP) is 4.41. The lowest BCUT2D eigenvalue weighted by Crippen LogP contribution is -2.54. The van der Waals surface area contributed by atoms with Gasteiger partial charge in [-0.15, -0.1) is 0 Å². The van der Waals surface area contributed by atoms with Gasteiger partial charge in [0.05, 0.1) is 17.0 Å². The van der Waals surface area contributed by atoms with Gasteiger partial charge in [-0.1, -0.05) is 72.3 Å². The summed E-state index contributed by atoms with van der Waals surface area (Å²) in [5, 5.41) is 2.61. The van der Waals surface area contributed by atoms with Crippen LogP contribution in [0.15, 0.2) is 78.9 Å². The van der Waals surface area contributed by atoms with Crippen molar-refractivity contribution in [3.8, 4) is 0 Å². The van der Waals surface area contributed by atoms with Gasteiger partial charge in [-0.2, -0.15) is 0 Å². The number of nitrogens with one attached hydrogen (secondary N) is 1. The Balaban J connectivity index is 2.04. The second-order valence-corrected chi connectivity index (χ2v) is 11.6. The monoisotopic (exact) mass is 559 g/mol. The Kier molecular flexibility index (Phi) is 9.88. The number of hydrogen-bond acceptors (Lipinski definition) is 4. The van der Waals surface area contributed by atoms with Crippen LogP contribution in [-0.2, 0) is 32.6 Å². The molecule has 0 aromatic heterocycles. The first-order valence-electron chi connectivity index (χ1n) is 12.1. The van der Waals surface area contributed by atoms with Crippen LogP contribution in [0.4, 0.5) is 10.1 Å². The van der Waals surface area contributed by atoms with Gasteiger partial charge in [-0.3, -0.25) is 13.9 Å². The first kappa shape index (κ1) is 29.1. The molecule has 10 heteroatoms. The molecule has 1 atom stereocenters. The van der Waals surface area contributed by atoms with Gasteiger partial charge in [0.15, 0.2) is 0 Å². The van der Waals surface area contributed by atoms with Crippen LogP contribution in [0.1, 0.15) is 25.0 Å². The molecule has 1 N–H and O–H groups in total. The molecule has 0 saturated heterocycles. The third-order valence-electron chi connectivity index (χ3n) is 5.77. The second-order valence-electron chi connectivity index (χ2n) is 9.24. The highest BCUT2D eigenvalue weighted by molar-refractivity contribution is 7.92. The van der Waals surface area contributed by atoms with E-state index in [0.29, 0.717) is 0 Å². The third kappa shape index (κ3) is 8.03. The normalized spacial score (nSPS) is 12.2. The van der Waals surface area contributed by atoms with E-state index in [-0.39, 0.29) is 35.6 Å². The molecule has 0 saturated carbocycles. The fourth-order valence-electron chi connectivity index (χ4n) is 3.97. The zero-order valence-corrected chi connectivity index (χ0v) is 23.0. The number of nitrogens with zero attached hydrogens (tertiary/aromatic N) is 2. The Hall–Kier alpha value is -3.43. The molecule has 0 fully saturated rings. The summed E-state index contributed by atoms with van der Waals surface area (Å²) in [6.45, 7) is 3.12. The van der Waals surface area contributed by atoms with Crippen molar-refractivity contribution in [2.75, 3.05) is 17.1 Å². The van der Waals surface area contributed by atoms with Crippen molar-refractivity contribution in [2.45, 2.75) is 38.9 Å². The summed E-state index contributed by atoms with van der Waals surface area (Å²) in [4.78, 5) is 28.7. The Morgan fingerprint density at radius 2 is 1.53 bits per heavy atom. The van der Waals surface area contributed by atoms with Crippen molar-refractivity contribution < 1.29 is 22.4 Å². The molecule has 3 aromatic rings. The molecule has 0 spiro atoms. The molecule has 0 aliphatic heterocycles. The van der Waals surface area contributed by atoms with Crippen molar-refractivity contribution in [3.63, 3.8) is 0 Å². The van der Waals surface area contributed by atoms with Crippen molar-refractivity contribution in [1.82, 2.24) is 10.2 Å². The second kappa shape index (κ2) is 12.9. The van der Waals surface area contributed by atoms with Gasteiger partial charge in [0, 0.05) is 19.0 Å². The van der Waals surface area contributed by atoms with E-state index >= 15 is 0 Å². The Labute approximate surface area is 228 Å². The van der Waals surface area contributed by atoms with Crippen LogP contribution in [0.5, 0.6) is 0 Å². The first-order chi connectivity index (χ1) is 18.0. The SMILES string of the molecule is CC(C)NC(=O)[C@@H](Cc1ccccc1)N(Cc1ccccc1)C(=O)CN(c1ccc(F)c(Cl)c1)S(C)(=O)=O. The van der Waals surface area contributed by atoms with Crippen molar-refractivity contribution in [3.05, 3.63) is 101 Å². The molecule has 7 nitrogen and oxygen atoms in total. The van der Waals surface area contributed by atoms with Crippen LogP contribution in [0.2, 0.25) is 5.02 Å². The van der Waals surface area contributed by atoms with Crippen LogP contribution >= 0.6 is 11.6 Å².